The van der Waals surface area contributed by atoms with Gasteiger partial charge in [-0.15, -0.1) is 0 Å². The Balaban J connectivity index is 1.47. The Bertz CT molecular complexity index is 798. The Morgan fingerprint density at radius 1 is 1.00 bits per heavy atom. The fourth-order valence-electron chi connectivity index (χ4n) is 3.18. The second kappa shape index (κ2) is 9.78. The Morgan fingerprint density at radius 2 is 1.68 bits per heavy atom. The third-order valence-corrected chi connectivity index (χ3v) is 4.70. The molecule has 0 aromatic heterocycles. The number of anilines is 1. The maximum absolute atomic E-state index is 12.7. The highest BCUT2D eigenvalue weighted by atomic mass is 16.5. The lowest BCUT2D eigenvalue weighted by Gasteiger charge is -2.18. The van der Waals surface area contributed by atoms with Crippen molar-refractivity contribution in [1.82, 2.24) is 4.90 Å². The molecule has 28 heavy (non-hydrogen) atoms. The molecule has 2 amide bonds. The lowest BCUT2D eigenvalue weighted by Crippen LogP contribution is -2.28. The van der Waals surface area contributed by atoms with Crippen LogP contribution in [0, 0.1) is 0 Å². The monoisotopic (exact) mass is 382 g/mol. The van der Waals surface area contributed by atoms with Crippen LogP contribution < -0.4 is 14.8 Å². The Kier molecular flexibility index (Phi) is 6.89. The van der Waals surface area contributed by atoms with Gasteiger partial charge >= 0.3 is 0 Å². The molecule has 0 spiro atoms. The number of ether oxygens (including phenoxy) is 2. The number of rotatable bonds is 8. The summed E-state index contributed by atoms with van der Waals surface area (Å²) in [7, 11) is 1.62. The van der Waals surface area contributed by atoms with E-state index in [2.05, 4.69) is 5.32 Å². The first-order valence-electron chi connectivity index (χ1n) is 9.62. The van der Waals surface area contributed by atoms with Crippen molar-refractivity contribution in [3.05, 3.63) is 54.1 Å². The fourth-order valence-corrected chi connectivity index (χ4v) is 3.18. The van der Waals surface area contributed by atoms with Crippen LogP contribution in [0.1, 0.15) is 36.0 Å². The summed E-state index contributed by atoms with van der Waals surface area (Å²) in [6.07, 6.45) is 2.98. The number of amides is 2. The molecule has 6 nitrogen and oxygen atoms in total. The number of hydrogen-bond donors (Lipinski definition) is 1. The number of nitrogens with one attached hydrogen (secondary N) is 1. The lowest BCUT2D eigenvalue weighted by molar-refractivity contribution is -0.116. The summed E-state index contributed by atoms with van der Waals surface area (Å²) in [4.78, 5) is 26.8. The van der Waals surface area contributed by atoms with Crippen LogP contribution >= 0.6 is 0 Å². The molecule has 0 unspecified atom stereocenters. The summed E-state index contributed by atoms with van der Waals surface area (Å²) in [6.45, 7) is 2.00. The molecular formula is C22H26N2O4. The van der Waals surface area contributed by atoms with Crippen LogP contribution in [0.5, 0.6) is 11.5 Å². The zero-order chi connectivity index (χ0) is 19.8. The highest BCUT2D eigenvalue weighted by Crippen LogP contribution is 2.21. The minimum Gasteiger partial charge on any atom is -0.497 e. The van der Waals surface area contributed by atoms with Crippen molar-refractivity contribution in [2.75, 3.05) is 32.1 Å². The molecule has 1 fully saturated rings. The number of para-hydroxylation sites is 1. The first kappa shape index (κ1) is 19.7. The quantitative estimate of drug-likeness (QED) is 0.707. The number of methoxy groups -OCH3 is 1. The van der Waals surface area contributed by atoms with Gasteiger partial charge < -0.3 is 19.7 Å². The molecule has 0 radical (unpaired) electrons. The predicted octanol–water partition coefficient (Wildman–Crippen LogP) is 3.73. The normalized spacial score (nSPS) is 13.2. The smallest absolute Gasteiger partial charge is 0.255 e. The maximum atomic E-state index is 12.7. The minimum absolute atomic E-state index is 0.0174. The van der Waals surface area contributed by atoms with E-state index in [9.17, 15) is 9.59 Å². The van der Waals surface area contributed by atoms with Gasteiger partial charge in [0.1, 0.15) is 11.5 Å². The van der Waals surface area contributed by atoms with E-state index in [4.69, 9.17) is 9.47 Å². The van der Waals surface area contributed by atoms with E-state index in [1.807, 2.05) is 41.3 Å². The molecule has 2 aromatic carbocycles. The summed E-state index contributed by atoms with van der Waals surface area (Å²) < 4.78 is 10.7. The van der Waals surface area contributed by atoms with Crippen molar-refractivity contribution in [3.8, 4) is 11.5 Å². The number of hydrogen-bond acceptors (Lipinski definition) is 4. The van der Waals surface area contributed by atoms with Crippen molar-refractivity contribution in [1.29, 1.82) is 0 Å². The summed E-state index contributed by atoms with van der Waals surface area (Å²) in [5.41, 5.74) is 1.12. The third kappa shape index (κ3) is 5.25. The second-order valence-corrected chi connectivity index (χ2v) is 6.72. The van der Waals surface area contributed by atoms with Crippen molar-refractivity contribution < 1.29 is 19.1 Å². The largest absolute Gasteiger partial charge is 0.497 e. The van der Waals surface area contributed by atoms with Gasteiger partial charge in [0, 0.05) is 19.5 Å². The van der Waals surface area contributed by atoms with Gasteiger partial charge in [0.25, 0.3) is 5.91 Å². The van der Waals surface area contributed by atoms with Crippen LogP contribution in [0.3, 0.4) is 0 Å². The van der Waals surface area contributed by atoms with E-state index in [1.54, 1.807) is 19.2 Å². The number of likely N-dealkylation sites (tertiary alicyclic amines) is 1. The third-order valence-electron chi connectivity index (χ3n) is 4.70. The van der Waals surface area contributed by atoms with Crippen LogP contribution in [-0.4, -0.2) is 43.5 Å². The van der Waals surface area contributed by atoms with Gasteiger partial charge in [-0.2, -0.15) is 0 Å². The number of carbonyl (C=O) groups is 2. The second-order valence-electron chi connectivity index (χ2n) is 6.72. The van der Waals surface area contributed by atoms with E-state index in [0.717, 1.165) is 37.4 Å². The number of nitrogens with zero attached hydrogens (tertiary/aromatic N) is 1. The standard InChI is InChI=1S/C22H26N2O4/c1-27-17-10-12-18(13-11-17)28-16-6-9-21(25)23-20-8-3-2-7-19(20)22(26)24-14-4-5-15-24/h2-3,7-8,10-13H,4-6,9,14-16H2,1H3,(H,23,25). The van der Waals surface area contributed by atoms with Gasteiger partial charge in [-0.25, -0.2) is 0 Å². The number of benzene rings is 2. The molecule has 148 valence electrons. The molecule has 1 heterocycles. The maximum Gasteiger partial charge on any atom is 0.255 e. The molecule has 0 saturated carbocycles. The van der Waals surface area contributed by atoms with Crippen molar-refractivity contribution in [3.63, 3.8) is 0 Å². The van der Waals surface area contributed by atoms with Gasteiger partial charge in [0.2, 0.25) is 5.91 Å². The summed E-state index contributed by atoms with van der Waals surface area (Å²) in [5, 5.41) is 2.87. The van der Waals surface area contributed by atoms with Gasteiger partial charge in [0.05, 0.1) is 25.0 Å². The molecule has 1 aliphatic rings. The molecule has 0 bridgehead atoms. The lowest BCUT2D eigenvalue weighted by atomic mass is 10.1. The van der Waals surface area contributed by atoms with E-state index < -0.39 is 0 Å². The van der Waals surface area contributed by atoms with E-state index in [-0.39, 0.29) is 11.8 Å². The predicted molar refractivity (Wildman–Crippen MR) is 108 cm³/mol. The SMILES string of the molecule is COc1ccc(OCCCC(=O)Nc2ccccc2C(=O)N2CCCC2)cc1. The van der Waals surface area contributed by atoms with Crippen molar-refractivity contribution >= 4 is 17.5 Å². The summed E-state index contributed by atoms with van der Waals surface area (Å²) in [5.74, 6) is 1.37. The molecule has 1 N–H and O–H groups in total. The van der Waals surface area contributed by atoms with Crippen LogP contribution in [0.4, 0.5) is 5.69 Å². The van der Waals surface area contributed by atoms with E-state index >= 15 is 0 Å². The van der Waals surface area contributed by atoms with Crippen LogP contribution in [0.25, 0.3) is 0 Å². The average Bonchev–Trinajstić information content (AvgIpc) is 3.26. The van der Waals surface area contributed by atoms with Crippen molar-refractivity contribution in [2.45, 2.75) is 25.7 Å². The average molecular weight is 382 g/mol. The van der Waals surface area contributed by atoms with Gasteiger partial charge in [-0.1, -0.05) is 12.1 Å². The molecule has 3 rings (SSSR count). The molecule has 6 heteroatoms. The van der Waals surface area contributed by atoms with Crippen LogP contribution in [0.2, 0.25) is 0 Å². The number of carbonyl (C=O) groups excluding carboxylic acids is 2. The molecule has 1 saturated heterocycles. The summed E-state index contributed by atoms with van der Waals surface area (Å²) in [6, 6.07) is 14.5. The first-order chi connectivity index (χ1) is 13.7. The van der Waals surface area contributed by atoms with Crippen LogP contribution in [0.15, 0.2) is 48.5 Å². The van der Waals surface area contributed by atoms with Gasteiger partial charge in [-0.05, 0) is 55.7 Å². The highest BCUT2D eigenvalue weighted by Gasteiger charge is 2.22. The van der Waals surface area contributed by atoms with E-state index in [0.29, 0.717) is 30.7 Å². The zero-order valence-electron chi connectivity index (χ0n) is 16.1. The zero-order valence-corrected chi connectivity index (χ0v) is 16.1. The fraction of sp³-hybridized carbons (Fsp3) is 0.364. The molecule has 0 atom stereocenters. The van der Waals surface area contributed by atoms with E-state index in [1.165, 1.54) is 0 Å². The van der Waals surface area contributed by atoms with Crippen molar-refractivity contribution in [2.24, 2.45) is 0 Å². The summed E-state index contributed by atoms with van der Waals surface area (Å²) >= 11 is 0. The van der Waals surface area contributed by atoms with Gasteiger partial charge in [0.15, 0.2) is 0 Å². The Labute approximate surface area is 165 Å². The minimum atomic E-state index is -0.125. The Hall–Kier alpha value is -3.02. The molecule has 0 aliphatic carbocycles. The molecule has 2 aromatic rings. The van der Waals surface area contributed by atoms with Crippen LogP contribution in [-0.2, 0) is 4.79 Å². The Morgan fingerprint density at radius 3 is 2.39 bits per heavy atom. The first-order valence-corrected chi connectivity index (χ1v) is 9.62. The topological polar surface area (TPSA) is 67.9 Å². The highest BCUT2D eigenvalue weighted by molar-refractivity contribution is 6.03. The molecular weight excluding hydrogens is 356 g/mol. The van der Waals surface area contributed by atoms with Gasteiger partial charge in [-0.3, -0.25) is 9.59 Å². The molecule has 1 aliphatic heterocycles.